The van der Waals surface area contributed by atoms with Gasteiger partial charge in [-0.1, -0.05) is 24.3 Å². The Kier molecular flexibility index (Phi) is 4.34. The molecule has 2 N–H and O–H groups in total. The molecule has 2 heterocycles. The average Bonchev–Trinajstić information content (AvgIpc) is 3.17. The number of carbonyl (C=O) groups is 1. The van der Waals surface area contributed by atoms with E-state index in [1.807, 2.05) is 43.4 Å². The minimum atomic E-state index is -0.0702. The molecular weight excluding hydrogens is 338 g/mol. The number of ketones is 1. The lowest BCUT2D eigenvalue weighted by Gasteiger charge is -2.08. The lowest BCUT2D eigenvalue weighted by Crippen LogP contribution is -2.01. The molecule has 0 aliphatic carbocycles. The molecule has 0 radical (unpaired) electrons. The van der Waals surface area contributed by atoms with Gasteiger partial charge in [-0.05, 0) is 41.5 Å². The van der Waals surface area contributed by atoms with Gasteiger partial charge in [0.15, 0.2) is 5.78 Å². The molecule has 0 amide bonds. The number of nitrogens with zero attached hydrogens (tertiary/aromatic N) is 1. The van der Waals surface area contributed by atoms with Crippen LogP contribution in [0, 0.1) is 0 Å². The molecule has 0 spiro atoms. The molecular formula is C22H19N3O2. The van der Waals surface area contributed by atoms with Gasteiger partial charge < -0.3 is 15.0 Å². The highest BCUT2D eigenvalue weighted by Crippen LogP contribution is 2.32. The molecule has 5 heteroatoms. The maximum atomic E-state index is 13.2. The lowest BCUT2D eigenvalue weighted by atomic mass is 9.97. The van der Waals surface area contributed by atoms with Gasteiger partial charge in [-0.3, -0.25) is 4.79 Å². The van der Waals surface area contributed by atoms with Crippen LogP contribution in [-0.4, -0.2) is 29.9 Å². The number of H-pyrrole nitrogens is 1. The largest absolute Gasteiger partial charge is 0.497 e. The molecule has 5 nitrogen and oxygen atoms in total. The highest BCUT2D eigenvalue weighted by Gasteiger charge is 2.18. The molecule has 0 unspecified atom stereocenters. The van der Waals surface area contributed by atoms with Gasteiger partial charge in [0.1, 0.15) is 11.4 Å². The second kappa shape index (κ2) is 6.96. The van der Waals surface area contributed by atoms with Gasteiger partial charge in [0.25, 0.3) is 0 Å². The first-order valence-electron chi connectivity index (χ1n) is 8.64. The molecule has 2 aromatic carbocycles. The predicted octanol–water partition coefficient (Wildman–Crippen LogP) is 4.51. The third-order valence-electron chi connectivity index (χ3n) is 4.61. The average molecular weight is 357 g/mol. The molecule has 4 rings (SSSR count). The van der Waals surface area contributed by atoms with Crippen LogP contribution in [0.1, 0.15) is 15.9 Å². The SMILES string of the molecule is CNc1cccc(-c2ccnc3[nH]cc(C(=O)c4cccc(OC)c4)c23)c1. The summed E-state index contributed by atoms with van der Waals surface area (Å²) in [7, 11) is 3.47. The number of hydrogen-bond acceptors (Lipinski definition) is 4. The van der Waals surface area contributed by atoms with Crippen LogP contribution in [0.5, 0.6) is 5.75 Å². The number of fused-ring (bicyclic) bond motifs is 1. The van der Waals surface area contributed by atoms with Crippen molar-refractivity contribution in [3.8, 4) is 16.9 Å². The van der Waals surface area contributed by atoms with Crippen molar-refractivity contribution in [1.29, 1.82) is 0 Å². The van der Waals surface area contributed by atoms with Gasteiger partial charge in [-0.25, -0.2) is 4.98 Å². The highest BCUT2D eigenvalue weighted by atomic mass is 16.5. The number of anilines is 1. The van der Waals surface area contributed by atoms with E-state index in [9.17, 15) is 4.79 Å². The van der Waals surface area contributed by atoms with Gasteiger partial charge in [-0.15, -0.1) is 0 Å². The quantitative estimate of drug-likeness (QED) is 0.516. The lowest BCUT2D eigenvalue weighted by molar-refractivity contribution is 0.104. The Morgan fingerprint density at radius 1 is 1.11 bits per heavy atom. The minimum absolute atomic E-state index is 0.0702. The molecule has 0 atom stereocenters. The summed E-state index contributed by atoms with van der Waals surface area (Å²) in [6.07, 6.45) is 3.48. The summed E-state index contributed by atoms with van der Waals surface area (Å²) in [6.45, 7) is 0. The number of hydrogen-bond donors (Lipinski definition) is 2. The van der Waals surface area contributed by atoms with Crippen LogP contribution >= 0.6 is 0 Å². The van der Waals surface area contributed by atoms with E-state index in [4.69, 9.17) is 4.74 Å². The van der Waals surface area contributed by atoms with Gasteiger partial charge in [0.2, 0.25) is 0 Å². The van der Waals surface area contributed by atoms with E-state index in [0.29, 0.717) is 22.5 Å². The summed E-state index contributed by atoms with van der Waals surface area (Å²) >= 11 is 0. The van der Waals surface area contributed by atoms with Crippen molar-refractivity contribution >= 4 is 22.5 Å². The minimum Gasteiger partial charge on any atom is -0.497 e. The topological polar surface area (TPSA) is 67.0 Å². The van der Waals surface area contributed by atoms with Crippen molar-refractivity contribution in [2.45, 2.75) is 0 Å². The van der Waals surface area contributed by atoms with Crippen molar-refractivity contribution in [2.24, 2.45) is 0 Å². The van der Waals surface area contributed by atoms with Crippen molar-refractivity contribution < 1.29 is 9.53 Å². The Balaban J connectivity index is 1.88. The van der Waals surface area contributed by atoms with E-state index in [-0.39, 0.29) is 5.78 Å². The number of carbonyl (C=O) groups excluding carboxylic acids is 1. The van der Waals surface area contributed by atoms with Crippen LogP contribution in [-0.2, 0) is 0 Å². The molecule has 0 saturated carbocycles. The van der Waals surface area contributed by atoms with Crippen LogP contribution in [0.2, 0.25) is 0 Å². The zero-order chi connectivity index (χ0) is 18.8. The summed E-state index contributed by atoms with van der Waals surface area (Å²) in [6, 6.07) is 17.2. The normalized spacial score (nSPS) is 10.7. The Hall–Kier alpha value is -3.60. The van der Waals surface area contributed by atoms with Gasteiger partial charge >= 0.3 is 0 Å². The van der Waals surface area contributed by atoms with E-state index >= 15 is 0 Å². The standard InChI is InChI=1S/C22H19N3O2/c1-23-16-7-3-5-14(11-16)18-9-10-24-22-20(18)19(13-25-22)21(26)15-6-4-8-17(12-15)27-2/h3-13,23H,1-2H3,(H,24,25). The first-order chi connectivity index (χ1) is 13.2. The number of benzene rings is 2. The summed E-state index contributed by atoms with van der Waals surface area (Å²) in [5, 5.41) is 3.97. The van der Waals surface area contributed by atoms with E-state index < -0.39 is 0 Å². The number of aromatic amines is 1. The fourth-order valence-corrected chi connectivity index (χ4v) is 3.24. The number of methoxy groups -OCH3 is 1. The van der Waals surface area contributed by atoms with E-state index in [1.54, 1.807) is 31.6 Å². The molecule has 27 heavy (non-hydrogen) atoms. The molecule has 4 aromatic rings. The Morgan fingerprint density at radius 2 is 1.96 bits per heavy atom. The van der Waals surface area contributed by atoms with Crippen molar-refractivity contribution in [2.75, 3.05) is 19.5 Å². The first kappa shape index (κ1) is 16.8. The van der Waals surface area contributed by atoms with Crippen molar-refractivity contribution in [3.63, 3.8) is 0 Å². The second-order valence-corrected chi connectivity index (χ2v) is 6.18. The fourth-order valence-electron chi connectivity index (χ4n) is 3.24. The maximum Gasteiger partial charge on any atom is 0.195 e. The third kappa shape index (κ3) is 3.04. The number of aromatic nitrogens is 2. The smallest absolute Gasteiger partial charge is 0.195 e. The Morgan fingerprint density at radius 3 is 2.78 bits per heavy atom. The highest BCUT2D eigenvalue weighted by molar-refractivity contribution is 6.18. The summed E-state index contributed by atoms with van der Waals surface area (Å²) < 4.78 is 5.25. The van der Waals surface area contributed by atoms with Crippen LogP contribution in [0.15, 0.2) is 67.0 Å². The van der Waals surface area contributed by atoms with Crippen LogP contribution in [0.25, 0.3) is 22.2 Å². The number of ether oxygens (including phenoxy) is 1. The molecule has 0 saturated heterocycles. The molecule has 0 aliphatic heterocycles. The Bertz CT molecular complexity index is 1130. The van der Waals surface area contributed by atoms with Gasteiger partial charge in [0, 0.05) is 36.1 Å². The summed E-state index contributed by atoms with van der Waals surface area (Å²) in [5.74, 6) is 0.583. The van der Waals surface area contributed by atoms with E-state index in [2.05, 4.69) is 21.4 Å². The number of rotatable bonds is 5. The predicted molar refractivity (Wildman–Crippen MR) is 108 cm³/mol. The van der Waals surface area contributed by atoms with Gasteiger partial charge in [-0.2, -0.15) is 0 Å². The van der Waals surface area contributed by atoms with Crippen molar-refractivity contribution in [1.82, 2.24) is 9.97 Å². The molecule has 134 valence electrons. The molecule has 0 aliphatic rings. The van der Waals surface area contributed by atoms with Crippen LogP contribution in [0.4, 0.5) is 5.69 Å². The zero-order valence-electron chi connectivity index (χ0n) is 15.1. The maximum absolute atomic E-state index is 13.2. The monoisotopic (exact) mass is 357 g/mol. The van der Waals surface area contributed by atoms with Crippen molar-refractivity contribution in [3.05, 3.63) is 78.1 Å². The molecule has 0 bridgehead atoms. The summed E-state index contributed by atoms with van der Waals surface area (Å²) in [4.78, 5) is 20.7. The third-order valence-corrected chi connectivity index (χ3v) is 4.61. The zero-order valence-corrected chi connectivity index (χ0v) is 15.1. The van der Waals surface area contributed by atoms with E-state index in [1.165, 1.54) is 0 Å². The number of pyridine rings is 1. The van der Waals surface area contributed by atoms with E-state index in [0.717, 1.165) is 22.2 Å². The first-order valence-corrected chi connectivity index (χ1v) is 8.64. The molecule has 0 fully saturated rings. The van der Waals surface area contributed by atoms with Gasteiger partial charge in [0.05, 0.1) is 12.7 Å². The second-order valence-electron chi connectivity index (χ2n) is 6.18. The summed E-state index contributed by atoms with van der Waals surface area (Å²) in [5.41, 5.74) is 4.85. The van der Waals surface area contributed by atoms with Crippen LogP contribution < -0.4 is 10.1 Å². The number of nitrogens with one attached hydrogen (secondary N) is 2. The Labute approximate surface area is 157 Å². The fraction of sp³-hybridized carbons (Fsp3) is 0.0909. The van der Waals surface area contributed by atoms with Crippen LogP contribution in [0.3, 0.4) is 0 Å². The molecule has 2 aromatic heterocycles.